The average molecular weight is 1120 g/mol. The van der Waals surface area contributed by atoms with E-state index in [-0.39, 0.29) is 69.7 Å². The van der Waals surface area contributed by atoms with Crippen LogP contribution in [0, 0.1) is 74.4 Å². The summed E-state index contributed by atoms with van der Waals surface area (Å²) in [6, 6.07) is 0. The molecule has 0 aromatic heterocycles. The molecular weight excluding hydrogens is 1010 g/mol. The van der Waals surface area contributed by atoms with E-state index in [1.807, 2.05) is 104 Å². The molecular formula is C64H114O15. The van der Waals surface area contributed by atoms with Gasteiger partial charge in [-0.2, -0.15) is 0 Å². The van der Waals surface area contributed by atoms with Crippen molar-refractivity contribution in [3.8, 4) is 0 Å². The van der Waals surface area contributed by atoms with Crippen molar-refractivity contribution in [1.29, 1.82) is 0 Å². The Balaban J connectivity index is 0.000000266. The second-order valence-electron chi connectivity index (χ2n) is 27.1. The van der Waals surface area contributed by atoms with Gasteiger partial charge in [0.05, 0.1) is 46.4 Å². The second kappa shape index (κ2) is 34.1. The van der Waals surface area contributed by atoms with Gasteiger partial charge in [0.15, 0.2) is 34.0 Å². The average Bonchev–Trinajstić information content (AvgIpc) is 3.46. The van der Waals surface area contributed by atoms with Gasteiger partial charge < -0.3 is 47.4 Å². The van der Waals surface area contributed by atoms with Gasteiger partial charge >= 0.3 is 29.8 Å². The first kappa shape index (κ1) is 70.4. The molecule has 1 atom stereocenters. The first-order chi connectivity index (χ1) is 37.2. The van der Waals surface area contributed by atoms with Crippen LogP contribution in [-0.2, 0) is 71.3 Å². The molecule has 15 heteroatoms. The van der Waals surface area contributed by atoms with Gasteiger partial charge in [-0.05, 0) is 225 Å². The van der Waals surface area contributed by atoms with E-state index in [1.54, 1.807) is 0 Å². The minimum absolute atomic E-state index is 0.0119. The fourth-order valence-electron chi connectivity index (χ4n) is 12.5. The van der Waals surface area contributed by atoms with Crippen LogP contribution in [0.3, 0.4) is 0 Å². The minimum atomic E-state index is -0.399. The number of carbonyl (C=O) groups excluding carboxylic acids is 5. The monoisotopic (exact) mass is 1120 g/mol. The highest BCUT2D eigenvalue weighted by Gasteiger charge is 2.51. The van der Waals surface area contributed by atoms with Gasteiger partial charge in [-0.3, -0.25) is 24.0 Å². The summed E-state index contributed by atoms with van der Waals surface area (Å²) in [6.45, 7) is 30.6. The lowest BCUT2D eigenvalue weighted by Crippen LogP contribution is -2.49. The number of methoxy groups -OCH3 is 1. The highest BCUT2D eigenvalue weighted by molar-refractivity contribution is 5.77. The Morgan fingerprint density at radius 3 is 1.24 bits per heavy atom. The second-order valence-corrected chi connectivity index (χ2v) is 27.1. The fourth-order valence-corrected chi connectivity index (χ4v) is 12.5. The first-order valence-electron chi connectivity index (χ1n) is 31.0. The molecule has 15 nitrogen and oxygen atoms in total. The van der Waals surface area contributed by atoms with Gasteiger partial charge in [-0.25, -0.2) is 0 Å². The molecule has 0 aromatic rings. The summed E-state index contributed by atoms with van der Waals surface area (Å²) in [4.78, 5) is 57.6. The number of rotatable bonds is 25. The van der Waals surface area contributed by atoms with Crippen LogP contribution in [0.4, 0.5) is 0 Å². The number of hydrogen-bond donors (Lipinski definition) is 0. The van der Waals surface area contributed by atoms with Crippen LogP contribution >= 0.6 is 0 Å². The summed E-state index contributed by atoms with van der Waals surface area (Å²) in [5, 5.41) is 0. The van der Waals surface area contributed by atoms with Crippen LogP contribution in [0.1, 0.15) is 239 Å². The van der Waals surface area contributed by atoms with Crippen molar-refractivity contribution in [2.24, 2.45) is 74.4 Å². The van der Waals surface area contributed by atoms with Crippen LogP contribution in [0.15, 0.2) is 0 Å². The SMILES string of the molecule is CCC(C)(C)C(=O)OCOC.CCC(C)(C)C(=O)OCOC1CCCCC1.CCC(C)(C)C(=O)OCOCC12CC3CC(CC(C3)C1)C2.CCC(C)C(=O)OCOC1C2CC3CC(C2)CC1C3.CCOCOC(=O)C(C)(C)CC. The third-order valence-electron chi connectivity index (χ3n) is 19.0. The van der Waals surface area contributed by atoms with Crippen molar-refractivity contribution in [2.45, 2.75) is 251 Å². The fraction of sp³-hybridized carbons (Fsp3) is 0.922. The molecule has 0 radical (unpaired) electrons. The van der Waals surface area contributed by atoms with Gasteiger partial charge in [-0.1, -0.05) is 60.8 Å². The topological polar surface area (TPSA) is 178 Å². The van der Waals surface area contributed by atoms with Crippen molar-refractivity contribution in [3.63, 3.8) is 0 Å². The molecule has 79 heavy (non-hydrogen) atoms. The van der Waals surface area contributed by atoms with Gasteiger partial charge in [0, 0.05) is 13.7 Å². The van der Waals surface area contributed by atoms with E-state index in [0.717, 1.165) is 93.0 Å². The smallest absolute Gasteiger partial charge is 0.313 e. The molecule has 0 heterocycles. The summed E-state index contributed by atoms with van der Waals surface area (Å²) >= 11 is 0. The summed E-state index contributed by atoms with van der Waals surface area (Å²) in [6.07, 6.45) is 25.8. The van der Waals surface area contributed by atoms with E-state index < -0.39 is 21.7 Å². The molecule has 0 amide bonds. The summed E-state index contributed by atoms with van der Waals surface area (Å²) < 4.78 is 52.1. The zero-order chi connectivity index (χ0) is 59.0. The van der Waals surface area contributed by atoms with Crippen molar-refractivity contribution in [1.82, 2.24) is 0 Å². The minimum Gasteiger partial charge on any atom is -0.438 e. The zero-order valence-corrected chi connectivity index (χ0v) is 52.7. The maximum atomic E-state index is 11.9. The molecule has 0 aliphatic heterocycles. The summed E-state index contributed by atoms with van der Waals surface area (Å²) in [7, 11) is 1.49. The van der Waals surface area contributed by atoms with Crippen molar-refractivity contribution < 1.29 is 71.3 Å². The maximum absolute atomic E-state index is 11.9. The van der Waals surface area contributed by atoms with Crippen LogP contribution in [0.5, 0.6) is 0 Å². The molecule has 0 saturated heterocycles. The van der Waals surface area contributed by atoms with Crippen LogP contribution in [0.2, 0.25) is 0 Å². The standard InChI is InChI=1S/C18H30O3.C16H26O3.C13H24O3.C9H18O3.C8H16O3/c1-4-17(2,3)16(19)21-12-20-11-18-8-13-5-14(9-18)7-15(6-13)10-18;1-3-10(2)16(17)19-9-18-15-13-5-11-4-12(7-13)8-14(15)6-11;1-4-13(2,3)12(14)16-10-15-11-8-6-5-7-9-11;1-5-9(3,4)8(10)12-7-11-6-2;1-5-8(2,3)7(9)11-6-10-4/h13-15H,4-12H2,1-3H3;10-15H,3-9H2,1-2H3;11H,4-10H2,1-3H3;5-7H2,1-4H3;5-6H2,1-4H3. The van der Waals surface area contributed by atoms with Gasteiger partial charge in [0.25, 0.3) is 0 Å². The van der Waals surface area contributed by atoms with Crippen molar-refractivity contribution in [2.75, 3.05) is 54.3 Å². The van der Waals surface area contributed by atoms with E-state index in [9.17, 15) is 24.0 Å². The maximum Gasteiger partial charge on any atom is 0.313 e. The molecule has 9 fully saturated rings. The predicted octanol–water partition coefficient (Wildman–Crippen LogP) is 14.3. The Bertz CT molecular complexity index is 1740. The molecule has 0 aromatic carbocycles. The molecule has 9 rings (SSSR count). The molecule has 0 N–H and O–H groups in total. The number of hydrogen-bond acceptors (Lipinski definition) is 15. The third-order valence-corrected chi connectivity index (χ3v) is 19.0. The largest absolute Gasteiger partial charge is 0.438 e. The lowest BCUT2D eigenvalue weighted by atomic mass is 9.50. The Hall–Kier alpha value is -2.85. The number of esters is 5. The van der Waals surface area contributed by atoms with E-state index in [4.69, 9.17) is 42.6 Å². The van der Waals surface area contributed by atoms with E-state index in [2.05, 4.69) is 4.74 Å². The number of ether oxygens (including phenoxy) is 10. The summed E-state index contributed by atoms with van der Waals surface area (Å²) in [5.41, 5.74) is -1.17. The molecule has 9 aliphatic carbocycles. The van der Waals surface area contributed by atoms with E-state index in [1.165, 1.54) is 97.0 Å². The van der Waals surface area contributed by atoms with Gasteiger partial charge in [-0.15, -0.1) is 0 Å². The first-order valence-corrected chi connectivity index (χ1v) is 31.0. The van der Waals surface area contributed by atoms with Gasteiger partial charge in [0.1, 0.15) is 0 Å². The Kier molecular flexibility index (Phi) is 30.4. The molecule has 8 bridgehead atoms. The Labute approximate surface area is 479 Å². The van der Waals surface area contributed by atoms with Crippen molar-refractivity contribution >= 4 is 29.8 Å². The predicted molar refractivity (Wildman–Crippen MR) is 306 cm³/mol. The molecule has 9 saturated carbocycles. The lowest BCUT2D eigenvalue weighted by Gasteiger charge is -2.56. The molecule has 9 aliphatic rings. The number of carbonyl (C=O) groups is 5. The molecule has 1 unspecified atom stereocenters. The van der Waals surface area contributed by atoms with Crippen LogP contribution < -0.4 is 0 Å². The third kappa shape index (κ3) is 23.4. The Morgan fingerprint density at radius 2 is 0.848 bits per heavy atom. The van der Waals surface area contributed by atoms with Gasteiger partial charge in [0.2, 0.25) is 0 Å². The summed E-state index contributed by atoms with van der Waals surface area (Å²) in [5.74, 6) is 5.39. The highest BCUT2D eigenvalue weighted by atomic mass is 16.7. The molecule has 460 valence electrons. The van der Waals surface area contributed by atoms with Crippen LogP contribution in [0.25, 0.3) is 0 Å². The van der Waals surface area contributed by atoms with E-state index in [0.29, 0.717) is 24.2 Å². The zero-order valence-electron chi connectivity index (χ0n) is 52.7. The Morgan fingerprint density at radius 1 is 0.468 bits per heavy atom. The normalized spacial score (nSPS) is 27.0. The van der Waals surface area contributed by atoms with Crippen molar-refractivity contribution in [3.05, 3.63) is 0 Å². The van der Waals surface area contributed by atoms with E-state index >= 15 is 0 Å². The highest BCUT2D eigenvalue weighted by Crippen LogP contribution is 2.60. The quantitative estimate of drug-likeness (QED) is 0.0365. The van der Waals surface area contributed by atoms with Crippen LogP contribution in [-0.4, -0.2) is 96.3 Å². The lowest BCUT2D eigenvalue weighted by molar-refractivity contribution is -0.189. The molecule has 0 spiro atoms.